The van der Waals surface area contributed by atoms with E-state index in [1.54, 1.807) is 30.3 Å². The van der Waals surface area contributed by atoms with Gasteiger partial charge in [-0.15, -0.1) is 0 Å². The molecular formula is C25H24N4O2. The molecule has 0 saturated carbocycles. The fraction of sp³-hybridized carbons (Fsp3) is 0.240. The average molecular weight is 412 g/mol. The Labute approximate surface area is 182 Å². The van der Waals surface area contributed by atoms with Crippen LogP contribution in [-0.4, -0.2) is 24.0 Å². The number of rotatable bonds is 7. The number of hydrogen-bond acceptors (Lipinski definition) is 5. The lowest BCUT2D eigenvalue weighted by molar-refractivity contribution is 0.0950. The molecule has 2 aromatic carbocycles. The molecule has 1 saturated heterocycles. The number of amides is 1. The second-order valence-electron chi connectivity index (χ2n) is 7.49. The number of aromatic nitrogens is 1. The topological polar surface area (TPSA) is 78.2 Å². The maximum atomic E-state index is 12.6. The number of nitrogens with zero attached hydrogens (tertiary/aromatic N) is 3. The molecule has 6 nitrogen and oxygen atoms in total. The summed E-state index contributed by atoms with van der Waals surface area (Å²) in [5.74, 6) is 1.40. The van der Waals surface area contributed by atoms with Crippen molar-refractivity contribution in [1.82, 2.24) is 10.3 Å². The van der Waals surface area contributed by atoms with Crippen molar-refractivity contribution in [2.45, 2.75) is 26.0 Å². The van der Waals surface area contributed by atoms with E-state index in [1.165, 1.54) is 12.8 Å². The first kappa shape index (κ1) is 20.4. The van der Waals surface area contributed by atoms with Gasteiger partial charge in [-0.3, -0.25) is 4.79 Å². The van der Waals surface area contributed by atoms with Crippen molar-refractivity contribution >= 4 is 11.7 Å². The SMILES string of the molecule is N#Cc1ccccc1COc1cccc(C(=O)NCc2ccc(N3CCCC3)nc2)c1. The quantitative estimate of drug-likeness (QED) is 0.633. The van der Waals surface area contributed by atoms with Crippen LogP contribution in [-0.2, 0) is 13.2 Å². The molecule has 156 valence electrons. The highest BCUT2D eigenvalue weighted by molar-refractivity contribution is 5.94. The molecule has 0 unspecified atom stereocenters. The minimum absolute atomic E-state index is 0.175. The van der Waals surface area contributed by atoms with Gasteiger partial charge in [-0.1, -0.05) is 30.3 Å². The van der Waals surface area contributed by atoms with E-state index in [-0.39, 0.29) is 12.5 Å². The van der Waals surface area contributed by atoms with Crippen molar-refractivity contribution in [3.8, 4) is 11.8 Å². The Morgan fingerprint density at radius 2 is 1.94 bits per heavy atom. The Bertz CT molecular complexity index is 1080. The Kier molecular flexibility index (Phi) is 6.44. The van der Waals surface area contributed by atoms with Crippen molar-refractivity contribution in [3.05, 3.63) is 89.1 Å². The molecule has 3 aromatic rings. The standard InChI is InChI=1S/C25H24N4O2/c26-15-21-6-1-2-7-22(21)18-31-23-9-5-8-20(14-23)25(30)28-17-19-10-11-24(27-16-19)29-12-3-4-13-29/h1-2,5-11,14,16H,3-4,12-13,17-18H2,(H,28,30). The Morgan fingerprint density at radius 3 is 2.71 bits per heavy atom. The second-order valence-corrected chi connectivity index (χ2v) is 7.49. The molecule has 4 rings (SSSR count). The number of carbonyl (C=O) groups excluding carboxylic acids is 1. The van der Waals surface area contributed by atoms with Crippen molar-refractivity contribution < 1.29 is 9.53 Å². The summed E-state index contributed by atoms with van der Waals surface area (Å²) in [7, 11) is 0. The van der Waals surface area contributed by atoms with Crippen molar-refractivity contribution in [2.24, 2.45) is 0 Å². The van der Waals surface area contributed by atoms with E-state index in [0.29, 0.717) is 23.4 Å². The summed E-state index contributed by atoms with van der Waals surface area (Å²) in [6, 6.07) is 20.5. The molecule has 0 bridgehead atoms. The van der Waals surface area contributed by atoms with Gasteiger partial charge in [0.05, 0.1) is 11.6 Å². The van der Waals surface area contributed by atoms with Crippen molar-refractivity contribution in [3.63, 3.8) is 0 Å². The largest absolute Gasteiger partial charge is 0.489 e. The van der Waals surface area contributed by atoms with Gasteiger partial charge >= 0.3 is 0 Å². The summed E-state index contributed by atoms with van der Waals surface area (Å²) in [5.41, 5.74) is 2.87. The van der Waals surface area contributed by atoms with E-state index in [9.17, 15) is 10.1 Å². The third kappa shape index (κ3) is 5.20. The van der Waals surface area contributed by atoms with Crippen molar-refractivity contribution in [2.75, 3.05) is 18.0 Å². The average Bonchev–Trinajstić information content (AvgIpc) is 3.37. The van der Waals surface area contributed by atoms with Crippen LogP contribution in [0.3, 0.4) is 0 Å². The highest BCUT2D eigenvalue weighted by atomic mass is 16.5. The van der Waals surface area contributed by atoms with Crippen LogP contribution in [0.5, 0.6) is 5.75 Å². The fourth-order valence-electron chi connectivity index (χ4n) is 3.58. The first-order chi connectivity index (χ1) is 15.2. The lowest BCUT2D eigenvalue weighted by Crippen LogP contribution is -2.23. The van der Waals surface area contributed by atoms with Gasteiger partial charge in [-0.2, -0.15) is 5.26 Å². The van der Waals surface area contributed by atoms with Crippen LogP contribution in [0, 0.1) is 11.3 Å². The first-order valence-corrected chi connectivity index (χ1v) is 10.4. The van der Waals surface area contributed by atoms with Crippen molar-refractivity contribution in [1.29, 1.82) is 5.26 Å². The summed E-state index contributed by atoms with van der Waals surface area (Å²) in [6.45, 7) is 2.80. The minimum Gasteiger partial charge on any atom is -0.489 e. The molecule has 1 aliphatic rings. The number of anilines is 1. The van der Waals surface area contributed by atoms with E-state index in [4.69, 9.17) is 4.74 Å². The second kappa shape index (κ2) is 9.77. The molecule has 0 aliphatic carbocycles. The van der Waals surface area contributed by atoms with Gasteiger partial charge in [0.2, 0.25) is 0 Å². The predicted molar refractivity (Wildman–Crippen MR) is 119 cm³/mol. The number of hydrogen-bond donors (Lipinski definition) is 1. The van der Waals surface area contributed by atoms with Crippen LogP contribution in [0.15, 0.2) is 66.9 Å². The third-order valence-corrected chi connectivity index (χ3v) is 5.32. The van der Waals surface area contributed by atoms with Crippen LogP contribution in [0.1, 0.15) is 39.9 Å². The maximum Gasteiger partial charge on any atom is 0.251 e. The van der Waals surface area contributed by atoms with E-state index in [1.807, 2.05) is 36.5 Å². The van der Waals surface area contributed by atoms with Crippen LogP contribution in [0.25, 0.3) is 0 Å². The van der Waals surface area contributed by atoms with E-state index < -0.39 is 0 Å². The molecule has 1 aliphatic heterocycles. The molecule has 31 heavy (non-hydrogen) atoms. The molecule has 6 heteroatoms. The Hall–Kier alpha value is -3.85. The van der Waals surface area contributed by atoms with Crippen LogP contribution in [0.2, 0.25) is 0 Å². The minimum atomic E-state index is -0.175. The number of ether oxygens (including phenoxy) is 1. The van der Waals surface area contributed by atoms with Crippen LogP contribution >= 0.6 is 0 Å². The van der Waals surface area contributed by atoms with E-state index in [2.05, 4.69) is 21.3 Å². The number of nitriles is 1. The summed E-state index contributed by atoms with van der Waals surface area (Å²) in [4.78, 5) is 19.4. The zero-order valence-corrected chi connectivity index (χ0v) is 17.3. The lowest BCUT2D eigenvalue weighted by Gasteiger charge is -2.16. The molecule has 1 amide bonds. The summed E-state index contributed by atoms with van der Waals surface area (Å²) >= 11 is 0. The maximum absolute atomic E-state index is 12.6. The Morgan fingerprint density at radius 1 is 1.10 bits per heavy atom. The lowest BCUT2D eigenvalue weighted by atomic mass is 10.1. The van der Waals surface area contributed by atoms with Crippen LogP contribution in [0.4, 0.5) is 5.82 Å². The zero-order chi connectivity index (χ0) is 21.5. The molecule has 0 radical (unpaired) electrons. The summed E-state index contributed by atoms with van der Waals surface area (Å²) in [6.07, 6.45) is 4.25. The summed E-state index contributed by atoms with van der Waals surface area (Å²) < 4.78 is 5.80. The number of nitrogens with one attached hydrogen (secondary N) is 1. The van der Waals surface area contributed by atoms with Gasteiger partial charge in [0.15, 0.2) is 0 Å². The molecule has 1 fully saturated rings. The third-order valence-electron chi connectivity index (χ3n) is 5.32. The highest BCUT2D eigenvalue weighted by Gasteiger charge is 2.13. The first-order valence-electron chi connectivity index (χ1n) is 10.4. The van der Waals surface area contributed by atoms with Crippen LogP contribution < -0.4 is 15.0 Å². The predicted octanol–water partition coefficient (Wildman–Crippen LogP) is 4.06. The fourth-order valence-corrected chi connectivity index (χ4v) is 3.58. The van der Waals surface area contributed by atoms with Gasteiger partial charge in [0.1, 0.15) is 18.2 Å². The van der Waals surface area contributed by atoms with Gasteiger partial charge in [-0.25, -0.2) is 4.98 Å². The molecule has 2 heterocycles. The number of carbonyl (C=O) groups is 1. The highest BCUT2D eigenvalue weighted by Crippen LogP contribution is 2.19. The van der Waals surface area contributed by atoms with E-state index >= 15 is 0 Å². The molecule has 1 N–H and O–H groups in total. The zero-order valence-electron chi connectivity index (χ0n) is 17.3. The summed E-state index contributed by atoms with van der Waals surface area (Å²) in [5, 5.41) is 12.1. The van der Waals surface area contributed by atoms with Gasteiger partial charge in [0.25, 0.3) is 5.91 Å². The van der Waals surface area contributed by atoms with Gasteiger partial charge in [0, 0.05) is 37.0 Å². The number of pyridine rings is 1. The molecule has 1 aromatic heterocycles. The Balaban J connectivity index is 1.33. The normalized spacial score (nSPS) is 12.9. The smallest absolute Gasteiger partial charge is 0.251 e. The number of benzene rings is 2. The van der Waals surface area contributed by atoms with Gasteiger partial charge in [-0.05, 0) is 48.7 Å². The monoisotopic (exact) mass is 412 g/mol. The van der Waals surface area contributed by atoms with Gasteiger partial charge < -0.3 is 15.0 Å². The molecular weight excluding hydrogens is 388 g/mol. The molecule has 0 spiro atoms. The van der Waals surface area contributed by atoms with E-state index in [0.717, 1.165) is 30.0 Å². The molecule has 0 atom stereocenters.